The molecule has 5 aliphatic rings. The van der Waals surface area contributed by atoms with E-state index in [-0.39, 0.29) is 36.1 Å². The minimum atomic E-state index is -0.874. The number of fused-ring (bicyclic) bond motifs is 2. The van der Waals surface area contributed by atoms with E-state index in [4.69, 9.17) is 47.2 Å². The van der Waals surface area contributed by atoms with Crippen molar-refractivity contribution in [3.05, 3.63) is 69.7 Å². The Morgan fingerprint density at radius 3 is 2.21 bits per heavy atom. The summed E-state index contributed by atoms with van der Waals surface area (Å²) in [5.74, 6) is -0.695. The number of hydrogen-bond acceptors (Lipinski definition) is 6. The first-order valence-electron chi connectivity index (χ1n) is 13.6. The second kappa shape index (κ2) is 10.1. The highest BCUT2D eigenvalue weighted by Gasteiger charge is 2.69. The minimum Gasteiger partial charge on any atom is -0.435 e. The maximum absolute atomic E-state index is 13.5. The number of benzene rings is 2. The van der Waals surface area contributed by atoms with Crippen molar-refractivity contribution < 1.29 is 28.8 Å². The third-order valence-electron chi connectivity index (χ3n) is 9.26. The fourth-order valence-electron chi connectivity index (χ4n) is 7.17. The highest BCUT2D eigenvalue weighted by Crippen LogP contribution is 2.60. The SMILES string of the molecule is C[C@H]1[C@H](OC(=O)CC(c2ccc(Cl)cc2)c2ccc(Cl)cc2)O[C@@H]2O[C@@]3(C)CC[C@H]4[C@H](C)CC[C@@H]1[C@@]24OO3. The van der Waals surface area contributed by atoms with E-state index in [9.17, 15) is 4.79 Å². The zero-order valence-electron chi connectivity index (χ0n) is 21.9. The Labute approximate surface area is 233 Å². The Morgan fingerprint density at radius 1 is 0.947 bits per heavy atom. The van der Waals surface area contributed by atoms with Gasteiger partial charge in [-0.1, -0.05) is 61.3 Å². The molecule has 8 heteroatoms. The largest absolute Gasteiger partial charge is 0.435 e. The lowest BCUT2D eigenvalue weighted by molar-refractivity contribution is -0.576. The molecular formula is C30H34Cl2O6. The van der Waals surface area contributed by atoms with Gasteiger partial charge in [-0.15, -0.1) is 0 Å². The van der Waals surface area contributed by atoms with Crippen LogP contribution in [0.15, 0.2) is 48.5 Å². The summed E-state index contributed by atoms with van der Waals surface area (Å²) in [5.41, 5.74) is 1.25. The molecule has 4 saturated heterocycles. The maximum atomic E-state index is 13.5. The van der Waals surface area contributed by atoms with Gasteiger partial charge in [-0.05, 0) is 73.4 Å². The van der Waals surface area contributed by atoms with Crippen LogP contribution in [-0.2, 0) is 28.8 Å². The van der Waals surface area contributed by atoms with Gasteiger partial charge >= 0.3 is 5.97 Å². The molecular weight excluding hydrogens is 527 g/mol. The van der Waals surface area contributed by atoms with Gasteiger partial charge in [0.25, 0.3) is 0 Å². The van der Waals surface area contributed by atoms with E-state index >= 15 is 0 Å². The monoisotopic (exact) mass is 560 g/mol. The Bertz CT molecular complexity index is 1130. The molecule has 1 aliphatic carbocycles. The standard InChI is InChI=1S/C30H34Cl2O6/c1-17-4-13-25-18(2)27(35-28-30(25)24(17)14-15-29(3,36-28)37-38-30)34-26(33)16-23(19-5-9-21(31)10-6-19)20-7-11-22(32)12-8-20/h5-12,17-18,23-25,27-28H,4,13-16H2,1-3H3/t17-,18-,24+,25+,27-,28-,29-,30-/m1/s1. The molecule has 38 heavy (non-hydrogen) atoms. The smallest absolute Gasteiger partial charge is 0.309 e. The molecule has 1 saturated carbocycles. The van der Waals surface area contributed by atoms with E-state index in [0.29, 0.717) is 16.0 Å². The topological polar surface area (TPSA) is 63.2 Å². The van der Waals surface area contributed by atoms with Crippen LogP contribution in [0.3, 0.4) is 0 Å². The molecule has 2 aromatic carbocycles. The van der Waals surface area contributed by atoms with E-state index in [2.05, 4.69) is 13.8 Å². The number of rotatable bonds is 5. The molecule has 8 atom stereocenters. The number of esters is 1. The molecule has 5 fully saturated rings. The van der Waals surface area contributed by atoms with Crippen LogP contribution < -0.4 is 0 Å². The van der Waals surface area contributed by atoms with Crippen molar-refractivity contribution in [3.8, 4) is 0 Å². The van der Waals surface area contributed by atoms with Gasteiger partial charge in [-0.2, -0.15) is 0 Å². The lowest BCUT2D eigenvalue weighted by Gasteiger charge is -2.59. The average Bonchev–Trinajstić information content (AvgIpc) is 3.13. The Kier molecular flexibility index (Phi) is 7.03. The van der Waals surface area contributed by atoms with Crippen LogP contribution in [0.1, 0.15) is 69.9 Å². The van der Waals surface area contributed by atoms with Gasteiger partial charge in [0.2, 0.25) is 12.1 Å². The molecule has 0 radical (unpaired) electrons. The van der Waals surface area contributed by atoms with Gasteiger partial charge in [-0.25, -0.2) is 9.78 Å². The molecule has 204 valence electrons. The second-order valence-electron chi connectivity index (χ2n) is 11.6. The summed E-state index contributed by atoms with van der Waals surface area (Å²) in [6.45, 7) is 6.25. The molecule has 0 amide bonds. The van der Waals surface area contributed by atoms with Gasteiger partial charge in [0, 0.05) is 34.2 Å². The molecule has 4 aliphatic heterocycles. The maximum Gasteiger partial charge on any atom is 0.309 e. The van der Waals surface area contributed by atoms with Crippen LogP contribution in [0.4, 0.5) is 0 Å². The quantitative estimate of drug-likeness (QED) is 0.283. The van der Waals surface area contributed by atoms with Crippen molar-refractivity contribution in [2.45, 2.75) is 82.8 Å². The first kappa shape index (κ1) is 26.5. The predicted octanol–water partition coefficient (Wildman–Crippen LogP) is 7.27. The van der Waals surface area contributed by atoms with Crippen LogP contribution in [0.2, 0.25) is 10.0 Å². The summed E-state index contributed by atoms with van der Waals surface area (Å²) in [7, 11) is 0. The van der Waals surface area contributed by atoms with Crippen LogP contribution in [0.5, 0.6) is 0 Å². The summed E-state index contributed by atoms with van der Waals surface area (Å²) in [5, 5.41) is 1.28. The van der Waals surface area contributed by atoms with Crippen LogP contribution in [0, 0.1) is 23.7 Å². The molecule has 2 bridgehead atoms. The first-order valence-corrected chi connectivity index (χ1v) is 14.3. The van der Waals surface area contributed by atoms with Crippen LogP contribution in [-0.4, -0.2) is 29.9 Å². The van der Waals surface area contributed by atoms with Gasteiger partial charge in [0.05, 0.1) is 6.42 Å². The third-order valence-corrected chi connectivity index (χ3v) is 9.76. The van der Waals surface area contributed by atoms with Crippen molar-refractivity contribution >= 4 is 29.2 Å². The first-order chi connectivity index (χ1) is 18.2. The Morgan fingerprint density at radius 2 is 1.58 bits per heavy atom. The number of halogens is 2. The molecule has 7 rings (SSSR count). The molecule has 2 aromatic rings. The second-order valence-corrected chi connectivity index (χ2v) is 12.5. The fraction of sp³-hybridized carbons (Fsp3) is 0.567. The molecule has 6 nitrogen and oxygen atoms in total. The lowest BCUT2D eigenvalue weighted by Crippen LogP contribution is -2.70. The van der Waals surface area contributed by atoms with E-state index < -0.39 is 24.0 Å². The molecule has 0 N–H and O–H groups in total. The third kappa shape index (κ3) is 4.57. The molecule has 0 aromatic heterocycles. The van der Waals surface area contributed by atoms with E-state index in [1.807, 2.05) is 55.5 Å². The van der Waals surface area contributed by atoms with Crippen molar-refractivity contribution in [1.29, 1.82) is 0 Å². The number of carbonyl (C=O) groups excluding carboxylic acids is 1. The van der Waals surface area contributed by atoms with Gasteiger partial charge < -0.3 is 14.2 Å². The van der Waals surface area contributed by atoms with Crippen LogP contribution >= 0.6 is 23.2 Å². The number of ether oxygens (including phenoxy) is 3. The van der Waals surface area contributed by atoms with E-state index in [1.54, 1.807) is 0 Å². The van der Waals surface area contributed by atoms with Gasteiger partial charge in [-0.3, -0.25) is 4.79 Å². The number of hydrogen-bond donors (Lipinski definition) is 0. The van der Waals surface area contributed by atoms with Gasteiger partial charge in [0.15, 0.2) is 11.9 Å². The zero-order valence-corrected chi connectivity index (χ0v) is 23.4. The summed E-state index contributed by atoms with van der Waals surface area (Å²) in [6, 6.07) is 15.1. The Hall–Kier alpha value is -1.67. The summed E-state index contributed by atoms with van der Waals surface area (Å²) >= 11 is 12.3. The summed E-state index contributed by atoms with van der Waals surface area (Å²) < 4.78 is 18.9. The Balaban J connectivity index is 1.24. The molecule has 1 spiro atoms. The highest BCUT2D eigenvalue weighted by atomic mass is 35.5. The van der Waals surface area contributed by atoms with Crippen molar-refractivity contribution in [1.82, 2.24) is 0 Å². The van der Waals surface area contributed by atoms with E-state index in [1.165, 1.54) is 0 Å². The van der Waals surface area contributed by atoms with Gasteiger partial charge in [0.1, 0.15) is 0 Å². The molecule has 4 heterocycles. The van der Waals surface area contributed by atoms with Crippen molar-refractivity contribution in [3.63, 3.8) is 0 Å². The summed E-state index contributed by atoms with van der Waals surface area (Å²) in [6.07, 6.45) is 2.47. The van der Waals surface area contributed by atoms with Crippen molar-refractivity contribution in [2.75, 3.05) is 0 Å². The zero-order chi connectivity index (χ0) is 26.7. The number of carbonyl (C=O) groups is 1. The average molecular weight is 562 g/mol. The highest BCUT2D eigenvalue weighted by molar-refractivity contribution is 6.30. The van der Waals surface area contributed by atoms with Crippen molar-refractivity contribution in [2.24, 2.45) is 23.7 Å². The lowest BCUT2D eigenvalue weighted by atomic mass is 9.58. The predicted molar refractivity (Wildman–Crippen MR) is 142 cm³/mol. The normalized spacial score (nSPS) is 37.9. The van der Waals surface area contributed by atoms with E-state index in [0.717, 1.165) is 36.8 Å². The minimum absolute atomic E-state index is 0.0793. The molecule has 0 unspecified atom stereocenters. The summed E-state index contributed by atoms with van der Waals surface area (Å²) in [4.78, 5) is 25.6. The van der Waals surface area contributed by atoms with Crippen LogP contribution in [0.25, 0.3) is 0 Å². The fourth-order valence-corrected chi connectivity index (χ4v) is 7.42.